The summed E-state index contributed by atoms with van der Waals surface area (Å²) in [6, 6.07) is 15.5. The van der Waals surface area contributed by atoms with Crippen LogP contribution in [0.1, 0.15) is 31.4 Å². The number of carbonyl (C=O) groups is 2. The molecule has 2 amide bonds. The van der Waals surface area contributed by atoms with Crippen molar-refractivity contribution in [3.63, 3.8) is 0 Å². The summed E-state index contributed by atoms with van der Waals surface area (Å²) in [6.45, 7) is 4.84. The predicted octanol–water partition coefficient (Wildman–Crippen LogP) is 3.57. The number of rotatable bonds is 6. The van der Waals surface area contributed by atoms with Gasteiger partial charge in [0.1, 0.15) is 6.10 Å². The molecule has 5 nitrogen and oxygen atoms in total. The maximum absolute atomic E-state index is 12.8. The molecule has 1 aliphatic rings. The van der Waals surface area contributed by atoms with Crippen LogP contribution in [0.5, 0.6) is 0 Å². The van der Waals surface area contributed by atoms with Crippen molar-refractivity contribution >= 4 is 23.2 Å². The number of fused-ring (bicyclic) bond motifs is 1. The Morgan fingerprint density at radius 2 is 1.89 bits per heavy atom. The molecule has 0 spiro atoms. The molecule has 0 bridgehead atoms. The molecule has 27 heavy (non-hydrogen) atoms. The van der Waals surface area contributed by atoms with Crippen LogP contribution in [0, 0.1) is 0 Å². The molecule has 2 aromatic carbocycles. The first-order chi connectivity index (χ1) is 13.1. The van der Waals surface area contributed by atoms with E-state index in [1.54, 1.807) is 6.92 Å². The highest BCUT2D eigenvalue weighted by molar-refractivity contribution is 5.96. The Labute approximate surface area is 160 Å². The van der Waals surface area contributed by atoms with Gasteiger partial charge in [0.05, 0.1) is 6.42 Å². The molecule has 1 atom stereocenters. The number of hydrogen-bond donors (Lipinski definition) is 1. The Hall–Kier alpha value is -2.66. The van der Waals surface area contributed by atoms with Crippen LogP contribution in [0.4, 0.5) is 11.4 Å². The normalized spacial score (nSPS) is 14.4. The van der Waals surface area contributed by atoms with Crippen LogP contribution < -0.4 is 10.2 Å². The van der Waals surface area contributed by atoms with E-state index in [-0.39, 0.29) is 11.8 Å². The fourth-order valence-electron chi connectivity index (χ4n) is 3.34. The average molecular weight is 366 g/mol. The number of aryl methyl sites for hydroxylation is 1. The minimum atomic E-state index is -0.490. The molecular weight excluding hydrogens is 340 g/mol. The lowest BCUT2D eigenvalue weighted by atomic mass is 10.0. The Bertz CT molecular complexity index is 801. The molecule has 3 rings (SSSR count). The zero-order valence-electron chi connectivity index (χ0n) is 15.9. The first-order valence-corrected chi connectivity index (χ1v) is 9.48. The van der Waals surface area contributed by atoms with Gasteiger partial charge in [-0.1, -0.05) is 30.3 Å². The van der Waals surface area contributed by atoms with E-state index in [1.807, 2.05) is 54.3 Å². The van der Waals surface area contributed by atoms with E-state index >= 15 is 0 Å². The van der Waals surface area contributed by atoms with Gasteiger partial charge in [-0.15, -0.1) is 0 Å². The van der Waals surface area contributed by atoms with Crippen LogP contribution in [-0.2, 0) is 27.2 Å². The molecule has 0 saturated carbocycles. The highest BCUT2D eigenvalue weighted by Crippen LogP contribution is 2.27. The molecule has 2 aromatic rings. The summed E-state index contributed by atoms with van der Waals surface area (Å²) in [7, 11) is 0. The van der Waals surface area contributed by atoms with Gasteiger partial charge in [0, 0.05) is 24.5 Å². The number of para-hydroxylation sites is 1. The summed E-state index contributed by atoms with van der Waals surface area (Å²) >= 11 is 0. The topological polar surface area (TPSA) is 58.6 Å². The lowest BCUT2D eigenvalue weighted by Crippen LogP contribution is -2.36. The van der Waals surface area contributed by atoms with E-state index in [0.717, 1.165) is 30.6 Å². The minimum Gasteiger partial charge on any atom is -0.369 e. The second-order valence-electron chi connectivity index (χ2n) is 6.74. The largest absolute Gasteiger partial charge is 0.369 e. The molecule has 0 fully saturated rings. The summed E-state index contributed by atoms with van der Waals surface area (Å²) in [5.41, 5.74) is 3.89. The maximum atomic E-state index is 12.8. The zero-order valence-corrected chi connectivity index (χ0v) is 15.9. The maximum Gasteiger partial charge on any atom is 0.253 e. The SMILES string of the molecule is CCOC(C)C(=O)Nc1ccc(CC(=O)N2CCCc3ccccc32)cc1. The summed E-state index contributed by atoms with van der Waals surface area (Å²) in [5.74, 6) is -0.0745. The third kappa shape index (κ3) is 4.74. The van der Waals surface area contributed by atoms with Gasteiger partial charge in [-0.05, 0) is 56.0 Å². The molecule has 0 aromatic heterocycles. The number of nitrogens with one attached hydrogen (secondary N) is 1. The van der Waals surface area contributed by atoms with E-state index in [9.17, 15) is 9.59 Å². The van der Waals surface area contributed by atoms with Crippen molar-refractivity contribution < 1.29 is 14.3 Å². The van der Waals surface area contributed by atoms with Crippen LogP contribution in [0.2, 0.25) is 0 Å². The Morgan fingerprint density at radius 3 is 2.63 bits per heavy atom. The van der Waals surface area contributed by atoms with Crippen molar-refractivity contribution in [1.82, 2.24) is 0 Å². The van der Waals surface area contributed by atoms with Crippen molar-refractivity contribution in [3.05, 3.63) is 59.7 Å². The molecule has 1 aliphatic heterocycles. The monoisotopic (exact) mass is 366 g/mol. The average Bonchev–Trinajstić information content (AvgIpc) is 2.69. The Balaban J connectivity index is 1.62. The molecule has 0 radical (unpaired) electrons. The third-order valence-corrected chi connectivity index (χ3v) is 4.77. The second-order valence-corrected chi connectivity index (χ2v) is 6.74. The summed E-state index contributed by atoms with van der Waals surface area (Å²) in [4.78, 5) is 26.7. The van der Waals surface area contributed by atoms with Gasteiger partial charge in [-0.25, -0.2) is 0 Å². The number of nitrogens with zero attached hydrogens (tertiary/aromatic N) is 1. The highest BCUT2D eigenvalue weighted by Gasteiger charge is 2.22. The van der Waals surface area contributed by atoms with Crippen molar-refractivity contribution in [2.75, 3.05) is 23.4 Å². The smallest absolute Gasteiger partial charge is 0.253 e. The molecule has 1 heterocycles. The Morgan fingerprint density at radius 1 is 1.15 bits per heavy atom. The van der Waals surface area contributed by atoms with E-state index < -0.39 is 6.10 Å². The molecule has 1 N–H and O–H groups in total. The molecule has 0 saturated heterocycles. The van der Waals surface area contributed by atoms with E-state index in [2.05, 4.69) is 11.4 Å². The van der Waals surface area contributed by atoms with E-state index in [1.165, 1.54) is 5.56 Å². The minimum absolute atomic E-state index is 0.101. The van der Waals surface area contributed by atoms with Gasteiger partial charge >= 0.3 is 0 Å². The fourth-order valence-corrected chi connectivity index (χ4v) is 3.34. The standard InChI is InChI=1S/C22H26N2O3/c1-3-27-16(2)22(26)23-19-12-10-17(11-13-19)15-21(25)24-14-6-8-18-7-4-5-9-20(18)24/h4-5,7,9-13,16H,3,6,8,14-15H2,1-2H3,(H,23,26). The number of amides is 2. The number of ether oxygens (including phenoxy) is 1. The summed E-state index contributed by atoms with van der Waals surface area (Å²) in [5, 5.41) is 2.82. The number of anilines is 2. The number of benzene rings is 2. The first kappa shape index (κ1) is 19.1. The van der Waals surface area contributed by atoms with Crippen LogP contribution >= 0.6 is 0 Å². The van der Waals surface area contributed by atoms with Gasteiger partial charge in [-0.2, -0.15) is 0 Å². The van der Waals surface area contributed by atoms with Crippen molar-refractivity contribution in [3.8, 4) is 0 Å². The van der Waals surface area contributed by atoms with E-state index in [4.69, 9.17) is 4.74 Å². The van der Waals surface area contributed by atoms with Crippen molar-refractivity contribution in [2.45, 2.75) is 39.2 Å². The fraction of sp³-hybridized carbons (Fsp3) is 0.364. The van der Waals surface area contributed by atoms with Gasteiger partial charge in [-0.3, -0.25) is 9.59 Å². The molecular formula is C22H26N2O3. The molecule has 142 valence electrons. The van der Waals surface area contributed by atoms with Gasteiger partial charge in [0.25, 0.3) is 5.91 Å². The second kappa shape index (κ2) is 8.82. The quantitative estimate of drug-likeness (QED) is 0.850. The number of hydrogen-bond acceptors (Lipinski definition) is 3. The van der Waals surface area contributed by atoms with Gasteiger partial charge < -0.3 is 15.0 Å². The van der Waals surface area contributed by atoms with Crippen LogP contribution in [0.15, 0.2) is 48.5 Å². The first-order valence-electron chi connectivity index (χ1n) is 9.48. The van der Waals surface area contributed by atoms with Gasteiger partial charge in [0.15, 0.2) is 0 Å². The molecule has 0 aliphatic carbocycles. The zero-order chi connectivity index (χ0) is 19.2. The number of carbonyl (C=O) groups excluding carboxylic acids is 2. The van der Waals surface area contributed by atoms with E-state index in [0.29, 0.717) is 18.7 Å². The van der Waals surface area contributed by atoms with Crippen LogP contribution in [0.25, 0.3) is 0 Å². The molecule has 1 unspecified atom stereocenters. The van der Waals surface area contributed by atoms with Crippen molar-refractivity contribution in [2.24, 2.45) is 0 Å². The Kier molecular flexibility index (Phi) is 6.24. The van der Waals surface area contributed by atoms with Crippen LogP contribution in [-0.4, -0.2) is 31.1 Å². The third-order valence-electron chi connectivity index (χ3n) is 4.77. The van der Waals surface area contributed by atoms with Crippen LogP contribution in [0.3, 0.4) is 0 Å². The van der Waals surface area contributed by atoms with Gasteiger partial charge in [0.2, 0.25) is 5.91 Å². The highest BCUT2D eigenvalue weighted by atomic mass is 16.5. The summed E-state index contributed by atoms with van der Waals surface area (Å²) < 4.78 is 5.29. The lowest BCUT2D eigenvalue weighted by Gasteiger charge is -2.29. The molecule has 5 heteroatoms. The lowest BCUT2D eigenvalue weighted by molar-refractivity contribution is -0.126. The van der Waals surface area contributed by atoms with Crippen molar-refractivity contribution in [1.29, 1.82) is 0 Å². The summed E-state index contributed by atoms with van der Waals surface area (Å²) in [6.07, 6.45) is 1.87. The predicted molar refractivity (Wildman–Crippen MR) is 107 cm³/mol.